The topological polar surface area (TPSA) is 92.3 Å². The Kier molecular flexibility index (Phi) is 5.92. The summed E-state index contributed by atoms with van der Waals surface area (Å²) in [6, 6.07) is 18.3. The van der Waals surface area contributed by atoms with Crippen LogP contribution in [0.15, 0.2) is 65.6 Å². The van der Waals surface area contributed by atoms with E-state index >= 15 is 0 Å². The summed E-state index contributed by atoms with van der Waals surface area (Å²) >= 11 is 0. The molecule has 0 radical (unpaired) electrons. The number of aryl methyl sites for hydroxylation is 2. The average molecular weight is 445 g/mol. The van der Waals surface area contributed by atoms with Gasteiger partial charge in [0.05, 0.1) is 22.5 Å². The highest BCUT2D eigenvalue weighted by Gasteiger charge is 2.25. The smallest absolute Gasteiger partial charge is 0.262 e. The van der Waals surface area contributed by atoms with Crippen LogP contribution in [0.1, 0.15) is 16.7 Å². The number of benzene rings is 3. The lowest BCUT2D eigenvalue weighted by Crippen LogP contribution is -2.19. The summed E-state index contributed by atoms with van der Waals surface area (Å²) in [6.45, 7) is 5.04. The molecule has 158 valence electrons. The van der Waals surface area contributed by atoms with Crippen molar-refractivity contribution in [3.63, 3.8) is 0 Å². The zero-order chi connectivity index (χ0) is 22.1. The van der Waals surface area contributed by atoms with Crippen molar-refractivity contribution in [1.29, 1.82) is 0 Å². The van der Waals surface area contributed by atoms with Crippen molar-refractivity contribution in [2.24, 2.45) is 0 Å². The molecule has 0 saturated heterocycles. The minimum atomic E-state index is -3.98. The first-order chi connectivity index (χ1) is 14.0. The van der Waals surface area contributed by atoms with Crippen molar-refractivity contribution in [1.82, 2.24) is 0 Å². The second-order valence-electron chi connectivity index (χ2n) is 7.23. The molecule has 0 aliphatic heterocycles. The molecule has 0 amide bonds. The Morgan fingerprint density at radius 2 is 1.33 bits per heavy atom. The quantitative estimate of drug-likeness (QED) is 0.587. The lowest BCUT2D eigenvalue weighted by atomic mass is 10.0. The van der Waals surface area contributed by atoms with E-state index in [0.717, 1.165) is 17.4 Å². The van der Waals surface area contributed by atoms with E-state index in [4.69, 9.17) is 0 Å². The number of anilines is 2. The third-order valence-electron chi connectivity index (χ3n) is 4.71. The molecule has 0 fully saturated rings. The largest absolute Gasteiger partial charge is 0.283 e. The van der Waals surface area contributed by atoms with Crippen LogP contribution in [-0.2, 0) is 20.0 Å². The Hall–Kier alpha value is -2.84. The Morgan fingerprint density at radius 1 is 0.733 bits per heavy atom. The van der Waals surface area contributed by atoms with Crippen LogP contribution < -0.4 is 9.44 Å². The van der Waals surface area contributed by atoms with Crippen molar-refractivity contribution in [2.75, 3.05) is 15.7 Å². The lowest BCUT2D eigenvalue weighted by molar-refractivity contribution is 0.599. The van der Waals surface area contributed by atoms with Crippen LogP contribution in [0.5, 0.6) is 0 Å². The molecule has 0 aromatic heterocycles. The zero-order valence-corrected chi connectivity index (χ0v) is 18.9. The first-order valence-corrected chi connectivity index (χ1v) is 12.6. The van der Waals surface area contributed by atoms with Gasteiger partial charge in [0.15, 0.2) is 0 Å². The molecular formula is C22H24N2O4S2. The van der Waals surface area contributed by atoms with Gasteiger partial charge in [-0.05, 0) is 49.1 Å². The highest BCUT2D eigenvalue weighted by atomic mass is 32.2. The van der Waals surface area contributed by atoms with Gasteiger partial charge in [0, 0.05) is 5.56 Å². The molecule has 8 heteroatoms. The van der Waals surface area contributed by atoms with Gasteiger partial charge in [-0.3, -0.25) is 9.44 Å². The van der Waals surface area contributed by atoms with Crippen molar-refractivity contribution >= 4 is 31.4 Å². The Bertz CT molecular complexity index is 1300. The number of para-hydroxylation sites is 1. The van der Waals surface area contributed by atoms with Gasteiger partial charge in [0.2, 0.25) is 10.0 Å². The lowest BCUT2D eigenvalue weighted by Gasteiger charge is -2.19. The number of nitrogens with one attached hydrogen (secondary N) is 2. The summed E-state index contributed by atoms with van der Waals surface area (Å²) in [6.07, 6.45) is 1.04. The Labute approximate surface area is 178 Å². The molecular weight excluding hydrogens is 420 g/mol. The second-order valence-corrected chi connectivity index (χ2v) is 10.6. The fraction of sp³-hybridized carbons (Fsp3) is 0.182. The molecule has 30 heavy (non-hydrogen) atoms. The fourth-order valence-corrected chi connectivity index (χ4v) is 5.80. The van der Waals surface area contributed by atoms with E-state index in [0.29, 0.717) is 22.4 Å². The predicted octanol–water partition coefficient (Wildman–Crippen LogP) is 4.45. The minimum Gasteiger partial charge on any atom is -0.283 e. The van der Waals surface area contributed by atoms with Crippen LogP contribution >= 0.6 is 0 Å². The van der Waals surface area contributed by atoms with Gasteiger partial charge in [0.1, 0.15) is 0 Å². The zero-order valence-electron chi connectivity index (χ0n) is 17.2. The summed E-state index contributed by atoms with van der Waals surface area (Å²) in [7, 11) is -7.55. The molecule has 6 nitrogen and oxygen atoms in total. The van der Waals surface area contributed by atoms with Crippen LogP contribution in [-0.4, -0.2) is 23.1 Å². The maximum atomic E-state index is 13.4. The van der Waals surface area contributed by atoms with Crippen LogP contribution in [0, 0.1) is 20.8 Å². The number of hydrogen-bond acceptors (Lipinski definition) is 4. The SMILES string of the molecule is Cc1cc(C)c(S(=O)(=O)Nc2ccccc2-c2ccccc2)c(C)c1NS(C)(=O)=O. The number of rotatable bonds is 6. The van der Waals surface area contributed by atoms with Gasteiger partial charge in [-0.2, -0.15) is 0 Å². The van der Waals surface area contributed by atoms with Gasteiger partial charge in [-0.15, -0.1) is 0 Å². The number of sulfonamides is 2. The highest BCUT2D eigenvalue weighted by molar-refractivity contribution is 7.93. The standard InChI is InChI=1S/C22H24N2O4S2/c1-15-14-16(2)22(17(3)21(15)24-29(4,25)26)30(27,28)23-20-13-9-8-12-19(20)18-10-6-5-7-11-18/h5-14,23-24H,1-4H3. The molecule has 0 atom stereocenters. The van der Waals surface area contributed by atoms with Crippen LogP contribution in [0.3, 0.4) is 0 Å². The van der Waals surface area contributed by atoms with Gasteiger partial charge in [-0.1, -0.05) is 54.6 Å². The highest BCUT2D eigenvalue weighted by Crippen LogP contribution is 2.34. The summed E-state index contributed by atoms with van der Waals surface area (Å²) in [5.74, 6) is 0. The Balaban J connectivity index is 2.12. The maximum absolute atomic E-state index is 13.4. The van der Waals surface area contributed by atoms with E-state index in [1.807, 2.05) is 42.5 Å². The third kappa shape index (κ3) is 4.66. The van der Waals surface area contributed by atoms with Gasteiger partial charge in [0.25, 0.3) is 10.0 Å². The molecule has 0 aliphatic carbocycles. The average Bonchev–Trinajstić information content (AvgIpc) is 2.65. The van der Waals surface area contributed by atoms with Crippen molar-refractivity contribution in [2.45, 2.75) is 25.7 Å². The molecule has 2 N–H and O–H groups in total. The molecule has 0 aliphatic rings. The van der Waals surface area contributed by atoms with Gasteiger partial charge >= 0.3 is 0 Å². The number of hydrogen-bond donors (Lipinski definition) is 2. The normalized spacial score (nSPS) is 11.9. The van der Waals surface area contributed by atoms with E-state index in [1.54, 1.807) is 39.0 Å². The van der Waals surface area contributed by atoms with Crippen molar-refractivity contribution < 1.29 is 16.8 Å². The first-order valence-electron chi connectivity index (χ1n) is 9.25. The van der Waals surface area contributed by atoms with E-state index in [9.17, 15) is 16.8 Å². The molecule has 0 spiro atoms. The van der Waals surface area contributed by atoms with E-state index < -0.39 is 20.0 Å². The fourth-order valence-electron chi connectivity index (χ4n) is 3.56. The molecule has 3 rings (SSSR count). The maximum Gasteiger partial charge on any atom is 0.262 e. The van der Waals surface area contributed by atoms with E-state index in [1.165, 1.54) is 0 Å². The van der Waals surface area contributed by atoms with Crippen LogP contribution in [0.2, 0.25) is 0 Å². The minimum absolute atomic E-state index is 0.0575. The first kappa shape index (κ1) is 21.9. The molecule has 0 bridgehead atoms. The monoisotopic (exact) mass is 444 g/mol. The predicted molar refractivity (Wildman–Crippen MR) is 122 cm³/mol. The van der Waals surface area contributed by atoms with Crippen molar-refractivity contribution in [3.05, 3.63) is 77.4 Å². The van der Waals surface area contributed by atoms with Gasteiger partial charge < -0.3 is 0 Å². The molecule has 3 aromatic rings. The Morgan fingerprint density at radius 3 is 1.97 bits per heavy atom. The molecule has 3 aromatic carbocycles. The van der Waals surface area contributed by atoms with Crippen molar-refractivity contribution in [3.8, 4) is 11.1 Å². The summed E-state index contributed by atoms with van der Waals surface area (Å²) in [5.41, 5.74) is 3.89. The summed E-state index contributed by atoms with van der Waals surface area (Å²) < 4.78 is 55.4. The molecule has 0 heterocycles. The summed E-state index contributed by atoms with van der Waals surface area (Å²) in [4.78, 5) is 0.0575. The van der Waals surface area contributed by atoms with E-state index in [2.05, 4.69) is 9.44 Å². The third-order valence-corrected chi connectivity index (χ3v) is 6.94. The van der Waals surface area contributed by atoms with E-state index in [-0.39, 0.29) is 10.6 Å². The van der Waals surface area contributed by atoms with Crippen LogP contribution in [0.4, 0.5) is 11.4 Å². The molecule has 0 unspecified atom stereocenters. The van der Waals surface area contributed by atoms with Crippen LogP contribution in [0.25, 0.3) is 11.1 Å². The molecule has 0 saturated carbocycles. The van der Waals surface area contributed by atoms with Gasteiger partial charge in [-0.25, -0.2) is 16.8 Å². The second kappa shape index (κ2) is 8.12. The summed E-state index contributed by atoms with van der Waals surface area (Å²) in [5, 5.41) is 0.